The van der Waals surface area contributed by atoms with Gasteiger partial charge in [-0.1, -0.05) is 30.4 Å². The second-order valence-corrected chi connectivity index (χ2v) is 8.57. The maximum absolute atomic E-state index is 13.3. The summed E-state index contributed by atoms with van der Waals surface area (Å²) in [4.78, 5) is 31.5. The highest BCUT2D eigenvalue weighted by molar-refractivity contribution is 5.93. The van der Waals surface area contributed by atoms with Gasteiger partial charge in [-0.05, 0) is 30.2 Å². The van der Waals surface area contributed by atoms with Gasteiger partial charge in [-0.2, -0.15) is 0 Å². The topological polar surface area (TPSA) is 87.6 Å². The molecule has 0 unspecified atom stereocenters. The average molecular weight is 417 g/mol. The van der Waals surface area contributed by atoms with Gasteiger partial charge in [0.05, 0.1) is 37.3 Å². The minimum absolute atomic E-state index is 0.00448. The van der Waals surface area contributed by atoms with E-state index in [9.17, 15) is 9.59 Å². The molecule has 2 N–H and O–H groups in total. The molecule has 3 aliphatic rings. The molecule has 31 heavy (non-hydrogen) atoms. The van der Waals surface area contributed by atoms with Gasteiger partial charge in [0, 0.05) is 23.6 Å². The normalized spacial score (nSPS) is 28.6. The SMILES string of the molecule is O=C(NCc1ccco1)[C@@H]1[C@H]2C=C[C@@]3(CN(CCc4c[nH]c5ccccc45)C(=O)[C@@H]13)O2. The number of hydrogen-bond donors (Lipinski definition) is 2. The Kier molecular flexibility index (Phi) is 4.08. The Morgan fingerprint density at radius 1 is 1.26 bits per heavy atom. The van der Waals surface area contributed by atoms with Crippen molar-refractivity contribution in [3.8, 4) is 0 Å². The van der Waals surface area contributed by atoms with Gasteiger partial charge >= 0.3 is 0 Å². The number of rotatable bonds is 6. The Morgan fingerprint density at radius 2 is 2.16 bits per heavy atom. The Balaban J connectivity index is 1.17. The Bertz CT molecular complexity index is 1180. The molecule has 5 heterocycles. The zero-order chi connectivity index (χ0) is 21.0. The van der Waals surface area contributed by atoms with Crippen LogP contribution in [0.3, 0.4) is 0 Å². The first-order chi connectivity index (χ1) is 15.1. The molecule has 4 atom stereocenters. The fourth-order valence-electron chi connectivity index (χ4n) is 5.37. The van der Waals surface area contributed by atoms with Crippen LogP contribution in [0.15, 0.2) is 65.4 Å². The number of fused-ring (bicyclic) bond motifs is 2. The number of aromatic amines is 1. The molecule has 1 aromatic carbocycles. The molecule has 0 radical (unpaired) electrons. The number of hydrogen-bond acceptors (Lipinski definition) is 4. The van der Waals surface area contributed by atoms with Crippen LogP contribution in [0.1, 0.15) is 11.3 Å². The summed E-state index contributed by atoms with van der Waals surface area (Å²) >= 11 is 0. The fourth-order valence-corrected chi connectivity index (χ4v) is 5.37. The number of carbonyl (C=O) groups excluding carboxylic acids is 2. The maximum Gasteiger partial charge on any atom is 0.230 e. The van der Waals surface area contributed by atoms with Crippen LogP contribution in [0.2, 0.25) is 0 Å². The van der Waals surface area contributed by atoms with Crippen LogP contribution in [0.5, 0.6) is 0 Å². The van der Waals surface area contributed by atoms with Crippen LogP contribution < -0.4 is 5.32 Å². The summed E-state index contributed by atoms with van der Waals surface area (Å²) < 4.78 is 11.5. The predicted molar refractivity (Wildman–Crippen MR) is 113 cm³/mol. The van der Waals surface area contributed by atoms with E-state index in [1.54, 1.807) is 12.3 Å². The van der Waals surface area contributed by atoms with Gasteiger partial charge in [0.25, 0.3) is 0 Å². The number of amides is 2. The number of carbonyl (C=O) groups is 2. The van der Waals surface area contributed by atoms with Crippen LogP contribution in [-0.4, -0.2) is 46.5 Å². The van der Waals surface area contributed by atoms with Crippen LogP contribution in [0, 0.1) is 11.8 Å². The molecule has 2 aromatic heterocycles. The minimum Gasteiger partial charge on any atom is -0.467 e. The molecular weight excluding hydrogens is 394 g/mol. The lowest BCUT2D eigenvalue weighted by atomic mass is 9.77. The van der Waals surface area contributed by atoms with Crippen molar-refractivity contribution in [3.05, 3.63) is 72.3 Å². The molecule has 7 nitrogen and oxygen atoms in total. The molecule has 0 aliphatic carbocycles. The van der Waals surface area contributed by atoms with Crippen molar-refractivity contribution in [1.82, 2.24) is 15.2 Å². The van der Waals surface area contributed by atoms with Crippen molar-refractivity contribution < 1.29 is 18.7 Å². The van der Waals surface area contributed by atoms with Crippen molar-refractivity contribution in [1.29, 1.82) is 0 Å². The van der Waals surface area contributed by atoms with E-state index in [2.05, 4.69) is 16.4 Å². The average Bonchev–Trinajstić information content (AvgIpc) is 3.58. The molecule has 3 aliphatic heterocycles. The number of furan rings is 1. The van der Waals surface area contributed by atoms with Crippen molar-refractivity contribution in [3.63, 3.8) is 0 Å². The quantitative estimate of drug-likeness (QED) is 0.603. The number of benzene rings is 1. The Morgan fingerprint density at radius 3 is 3.03 bits per heavy atom. The molecule has 0 saturated carbocycles. The molecule has 2 bridgehead atoms. The van der Waals surface area contributed by atoms with Gasteiger partial charge in [0.2, 0.25) is 11.8 Å². The highest BCUT2D eigenvalue weighted by Crippen LogP contribution is 2.51. The highest BCUT2D eigenvalue weighted by Gasteiger charge is 2.66. The standard InChI is InChI=1S/C24H23N3O4/c28-22(26-13-16-4-3-11-30-16)20-19-7-9-24(31-19)14-27(23(29)21(20)24)10-8-15-12-25-18-6-2-1-5-17(15)18/h1-7,9,11-12,19-21,25H,8,10,13-14H2,(H,26,28)/t19-,20-,21-,24+/m1/s1. The third-order valence-corrected chi connectivity index (χ3v) is 6.82. The summed E-state index contributed by atoms with van der Waals surface area (Å²) in [6.45, 7) is 1.40. The van der Waals surface area contributed by atoms with E-state index in [4.69, 9.17) is 9.15 Å². The van der Waals surface area contributed by atoms with Crippen molar-refractivity contribution in [2.75, 3.05) is 13.1 Å². The molecule has 2 saturated heterocycles. The lowest BCUT2D eigenvalue weighted by molar-refractivity contribution is -0.137. The summed E-state index contributed by atoms with van der Waals surface area (Å²) in [6.07, 6.45) is 7.91. The highest BCUT2D eigenvalue weighted by atomic mass is 16.5. The first-order valence-electron chi connectivity index (χ1n) is 10.7. The van der Waals surface area contributed by atoms with Gasteiger partial charge < -0.3 is 24.4 Å². The first-order valence-corrected chi connectivity index (χ1v) is 10.7. The van der Waals surface area contributed by atoms with Crippen LogP contribution in [-0.2, 0) is 27.3 Å². The zero-order valence-corrected chi connectivity index (χ0v) is 16.9. The molecular formula is C24H23N3O4. The van der Waals surface area contributed by atoms with Crippen LogP contribution >= 0.6 is 0 Å². The number of nitrogens with zero attached hydrogens (tertiary/aromatic N) is 1. The molecule has 3 aromatic rings. The van der Waals surface area contributed by atoms with Gasteiger partial charge in [0.1, 0.15) is 11.4 Å². The van der Waals surface area contributed by atoms with E-state index in [0.717, 1.165) is 11.9 Å². The summed E-state index contributed by atoms with van der Waals surface area (Å²) in [7, 11) is 0. The Hall–Kier alpha value is -3.32. The molecule has 2 amide bonds. The lowest BCUT2D eigenvalue weighted by Gasteiger charge is -2.23. The summed E-state index contributed by atoms with van der Waals surface area (Å²) in [5, 5.41) is 4.09. The number of nitrogens with one attached hydrogen (secondary N) is 2. The third kappa shape index (κ3) is 2.84. The van der Waals surface area contributed by atoms with Gasteiger partial charge in [-0.3, -0.25) is 9.59 Å². The molecule has 1 spiro atoms. The number of aromatic nitrogens is 1. The van der Waals surface area contributed by atoms with E-state index in [0.29, 0.717) is 25.4 Å². The zero-order valence-electron chi connectivity index (χ0n) is 16.9. The number of likely N-dealkylation sites (tertiary alicyclic amines) is 1. The lowest BCUT2D eigenvalue weighted by Crippen LogP contribution is -2.44. The second-order valence-electron chi connectivity index (χ2n) is 8.57. The van der Waals surface area contributed by atoms with Crippen LogP contribution in [0.25, 0.3) is 10.9 Å². The number of ether oxygens (including phenoxy) is 1. The summed E-state index contributed by atoms with van der Waals surface area (Å²) in [5.74, 6) is -0.456. The molecule has 2 fully saturated rings. The smallest absolute Gasteiger partial charge is 0.230 e. The van der Waals surface area contributed by atoms with E-state index in [1.165, 1.54) is 10.9 Å². The van der Waals surface area contributed by atoms with E-state index in [1.807, 2.05) is 47.5 Å². The van der Waals surface area contributed by atoms with E-state index in [-0.39, 0.29) is 17.9 Å². The van der Waals surface area contributed by atoms with Crippen molar-refractivity contribution >= 4 is 22.7 Å². The fraction of sp³-hybridized carbons (Fsp3) is 0.333. The van der Waals surface area contributed by atoms with Crippen molar-refractivity contribution in [2.45, 2.75) is 24.7 Å². The third-order valence-electron chi connectivity index (χ3n) is 6.82. The minimum atomic E-state index is -0.686. The van der Waals surface area contributed by atoms with E-state index >= 15 is 0 Å². The summed E-state index contributed by atoms with van der Waals surface area (Å²) in [5.41, 5.74) is 1.60. The van der Waals surface area contributed by atoms with Gasteiger partial charge in [-0.15, -0.1) is 0 Å². The predicted octanol–water partition coefficient (Wildman–Crippen LogP) is 2.40. The molecule has 7 heteroatoms. The maximum atomic E-state index is 13.3. The number of H-pyrrole nitrogens is 1. The monoisotopic (exact) mass is 417 g/mol. The van der Waals surface area contributed by atoms with E-state index < -0.39 is 17.4 Å². The first kappa shape index (κ1) is 18.4. The molecule has 158 valence electrons. The summed E-state index contributed by atoms with van der Waals surface area (Å²) in [6, 6.07) is 11.8. The Labute approximate surface area is 179 Å². The second kappa shape index (κ2) is 6.85. The number of para-hydroxylation sites is 1. The van der Waals surface area contributed by atoms with Crippen LogP contribution in [0.4, 0.5) is 0 Å². The largest absolute Gasteiger partial charge is 0.467 e. The molecule has 6 rings (SSSR count). The van der Waals surface area contributed by atoms with Crippen molar-refractivity contribution in [2.24, 2.45) is 11.8 Å². The van der Waals surface area contributed by atoms with Gasteiger partial charge in [0.15, 0.2) is 0 Å². The van der Waals surface area contributed by atoms with Gasteiger partial charge in [-0.25, -0.2) is 0 Å².